The van der Waals surface area contributed by atoms with E-state index in [0.29, 0.717) is 36.6 Å². The summed E-state index contributed by atoms with van der Waals surface area (Å²) in [4.78, 5) is 21.5. The van der Waals surface area contributed by atoms with Gasteiger partial charge in [-0.1, -0.05) is 23.7 Å². The molecule has 2 aromatic heterocycles. The second-order valence-corrected chi connectivity index (χ2v) is 8.72. The van der Waals surface area contributed by atoms with E-state index < -0.39 is 11.7 Å². The van der Waals surface area contributed by atoms with Crippen molar-refractivity contribution in [1.29, 1.82) is 0 Å². The second-order valence-electron chi connectivity index (χ2n) is 8.32. The van der Waals surface area contributed by atoms with Crippen LogP contribution in [0.25, 0.3) is 0 Å². The van der Waals surface area contributed by atoms with Crippen molar-refractivity contribution in [3.8, 4) is 11.5 Å². The molecule has 0 atom stereocenters. The van der Waals surface area contributed by atoms with E-state index in [2.05, 4.69) is 15.1 Å². The first kappa shape index (κ1) is 25.3. The molecule has 0 saturated carbocycles. The standard InChI is InChI=1S/C25H23ClF3N5O2/c1-33(24-30-14-18(23(35)32-24)11-17-13-31-34(2)15-17)10-9-16-3-5-19(6-4-16)36-20-7-8-22(26)21(12-20)25(27,28)29/h3-8,12-15H,9-11H2,1-2H3,(H,30,32,35). The lowest BCUT2D eigenvalue weighted by Crippen LogP contribution is -2.26. The molecule has 11 heteroatoms. The molecule has 188 valence electrons. The van der Waals surface area contributed by atoms with Gasteiger partial charge < -0.3 is 9.64 Å². The highest BCUT2D eigenvalue weighted by atomic mass is 35.5. The number of rotatable bonds is 8. The molecule has 2 heterocycles. The van der Waals surface area contributed by atoms with Gasteiger partial charge >= 0.3 is 6.18 Å². The van der Waals surface area contributed by atoms with Gasteiger partial charge in [0.1, 0.15) is 11.5 Å². The molecule has 1 N–H and O–H groups in total. The Morgan fingerprint density at radius 2 is 1.81 bits per heavy atom. The quantitative estimate of drug-likeness (QED) is 0.346. The average molecular weight is 518 g/mol. The molecular weight excluding hydrogens is 495 g/mol. The first-order chi connectivity index (χ1) is 17.1. The number of aryl methyl sites for hydroxylation is 1. The number of aromatic amines is 1. The highest BCUT2D eigenvalue weighted by Crippen LogP contribution is 2.37. The van der Waals surface area contributed by atoms with Crippen LogP contribution in [0.1, 0.15) is 22.3 Å². The van der Waals surface area contributed by atoms with E-state index in [9.17, 15) is 18.0 Å². The number of nitrogens with one attached hydrogen (secondary N) is 1. The zero-order valence-corrected chi connectivity index (χ0v) is 20.3. The van der Waals surface area contributed by atoms with Gasteiger partial charge in [0.25, 0.3) is 5.56 Å². The number of alkyl halides is 3. The molecule has 0 aliphatic carbocycles. The number of hydrogen-bond acceptors (Lipinski definition) is 5. The first-order valence-corrected chi connectivity index (χ1v) is 11.4. The predicted octanol–water partition coefficient (Wildman–Crippen LogP) is 5.24. The average Bonchev–Trinajstić information content (AvgIpc) is 3.24. The van der Waals surface area contributed by atoms with E-state index in [0.717, 1.165) is 23.3 Å². The van der Waals surface area contributed by atoms with Gasteiger partial charge in [-0.05, 0) is 47.9 Å². The predicted molar refractivity (Wildman–Crippen MR) is 131 cm³/mol. The van der Waals surface area contributed by atoms with E-state index in [4.69, 9.17) is 16.3 Å². The smallest absolute Gasteiger partial charge is 0.417 e. The number of aromatic nitrogens is 4. The highest BCUT2D eigenvalue weighted by molar-refractivity contribution is 6.31. The number of ether oxygens (including phenoxy) is 1. The maximum absolute atomic E-state index is 13.1. The second kappa shape index (κ2) is 10.4. The Labute approximate surface area is 210 Å². The number of anilines is 1. The summed E-state index contributed by atoms with van der Waals surface area (Å²) in [5.41, 5.74) is 1.32. The summed E-state index contributed by atoms with van der Waals surface area (Å²) in [5, 5.41) is 3.72. The van der Waals surface area contributed by atoms with Crippen molar-refractivity contribution in [3.63, 3.8) is 0 Å². The largest absolute Gasteiger partial charge is 0.457 e. The zero-order valence-electron chi connectivity index (χ0n) is 19.5. The minimum absolute atomic E-state index is 0.0428. The lowest BCUT2D eigenvalue weighted by atomic mass is 10.1. The lowest BCUT2D eigenvalue weighted by Gasteiger charge is -2.18. The molecule has 2 aromatic carbocycles. The van der Waals surface area contributed by atoms with Crippen LogP contribution in [0.15, 0.2) is 65.8 Å². The number of benzene rings is 2. The van der Waals surface area contributed by atoms with Crippen molar-refractivity contribution in [2.24, 2.45) is 7.05 Å². The molecule has 0 amide bonds. The zero-order chi connectivity index (χ0) is 25.9. The summed E-state index contributed by atoms with van der Waals surface area (Å²) in [6.07, 6.45) is 1.67. The summed E-state index contributed by atoms with van der Waals surface area (Å²) in [6, 6.07) is 10.5. The van der Waals surface area contributed by atoms with Crippen LogP contribution in [-0.4, -0.2) is 33.3 Å². The van der Waals surface area contributed by atoms with Crippen molar-refractivity contribution >= 4 is 17.5 Å². The summed E-state index contributed by atoms with van der Waals surface area (Å²) in [7, 11) is 3.65. The molecule has 0 spiro atoms. The van der Waals surface area contributed by atoms with Crippen molar-refractivity contribution < 1.29 is 17.9 Å². The minimum Gasteiger partial charge on any atom is -0.457 e. The molecule has 4 rings (SSSR count). The Morgan fingerprint density at radius 1 is 1.08 bits per heavy atom. The summed E-state index contributed by atoms with van der Waals surface area (Å²) >= 11 is 5.65. The Bertz CT molecular complexity index is 1400. The maximum Gasteiger partial charge on any atom is 0.417 e. The van der Waals surface area contributed by atoms with E-state index in [1.54, 1.807) is 29.2 Å². The number of halogens is 4. The van der Waals surface area contributed by atoms with Gasteiger partial charge in [-0.3, -0.25) is 14.5 Å². The van der Waals surface area contributed by atoms with E-state index in [1.807, 2.05) is 37.3 Å². The monoisotopic (exact) mass is 517 g/mol. The number of nitrogens with zero attached hydrogens (tertiary/aromatic N) is 4. The molecule has 7 nitrogen and oxygen atoms in total. The Kier molecular flexibility index (Phi) is 7.35. The Hall–Kier alpha value is -3.79. The number of likely N-dealkylation sites (N-methyl/N-ethyl adjacent to an activating group) is 1. The van der Waals surface area contributed by atoms with Gasteiger partial charge in [-0.15, -0.1) is 0 Å². The van der Waals surface area contributed by atoms with Crippen LogP contribution in [0.2, 0.25) is 5.02 Å². The van der Waals surface area contributed by atoms with Crippen molar-refractivity contribution in [2.45, 2.75) is 19.0 Å². The van der Waals surface area contributed by atoms with Crippen LogP contribution in [0.5, 0.6) is 11.5 Å². The summed E-state index contributed by atoms with van der Waals surface area (Å²) in [6.45, 7) is 0.581. The van der Waals surface area contributed by atoms with Gasteiger partial charge in [-0.2, -0.15) is 18.3 Å². The lowest BCUT2D eigenvalue weighted by molar-refractivity contribution is -0.137. The number of hydrogen-bond donors (Lipinski definition) is 1. The summed E-state index contributed by atoms with van der Waals surface area (Å²) in [5.74, 6) is 0.900. The molecule has 0 bridgehead atoms. The fourth-order valence-electron chi connectivity index (χ4n) is 3.56. The molecule has 0 unspecified atom stereocenters. The molecule has 0 aliphatic heterocycles. The Balaban J connectivity index is 1.34. The van der Waals surface area contributed by atoms with Crippen LogP contribution in [0.4, 0.5) is 19.1 Å². The van der Waals surface area contributed by atoms with Gasteiger partial charge in [0.05, 0.1) is 16.8 Å². The van der Waals surface area contributed by atoms with Gasteiger partial charge in [0.15, 0.2) is 0 Å². The molecule has 0 radical (unpaired) electrons. The fraction of sp³-hybridized carbons (Fsp3) is 0.240. The van der Waals surface area contributed by atoms with Gasteiger partial charge in [0.2, 0.25) is 5.95 Å². The van der Waals surface area contributed by atoms with Crippen LogP contribution >= 0.6 is 11.6 Å². The fourth-order valence-corrected chi connectivity index (χ4v) is 3.79. The maximum atomic E-state index is 13.1. The van der Waals surface area contributed by atoms with E-state index in [-0.39, 0.29) is 16.3 Å². The Morgan fingerprint density at radius 3 is 2.44 bits per heavy atom. The SMILES string of the molecule is CN(CCc1ccc(Oc2ccc(Cl)c(C(F)(F)F)c2)cc1)c1ncc(Cc2cnn(C)c2)c(=O)[nH]1. The van der Waals surface area contributed by atoms with Crippen LogP contribution < -0.4 is 15.2 Å². The van der Waals surface area contributed by atoms with Crippen LogP contribution in [0.3, 0.4) is 0 Å². The van der Waals surface area contributed by atoms with Crippen molar-refractivity contribution in [3.05, 3.63) is 98.7 Å². The first-order valence-electron chi connectivity index (χ1n) is 11.0. The molecule has 0 aliphatic rings. The number of H-pyrrole nitrogens is 1. The molecule has 0 fully saturated rings. The van der Waals surface area contributed by atoms with Crippen molar-refractivity contribution in [1.82, 2.24) is 19.7 Å². The minimum atomic E-state index is -4.56. The third kappa shape index (κ3) is 6.25. The van der Waals surface area contributed by atoms with E-state index >= 15 is 0 Å². The molecule has 4 aromatic rings. The third-order valence-electron chi connectivity index (χ3n) is 5.51. The molecule has 0 saturated heterocycles. The molecular formula is C25H23ClF3N5O2. The van der Waals surface area contributed by atoms with Crippen molar-refractivity contribution in [2.75, 3.05) is 18.5 Å². The van der Waals surface area contributed by atoms with Crippen LogP contribution in [0, 0.1) is 0 Å². The van der Waals surface area contributed by atoms with E-state index in [1.165, 1.54) is 6.07 Å². The molecule has 36 heavy (non-hydrogen) atoms. The summed E-state index contributed by atoms with van der Waals surface area (Å²) < 4.78 is 46.4. The van der Waals surface area contributed by atoms with Gasteiger partial charge in [-0.25, -0.2) is 4.98 Å². The van der Waals surface area contributed by atoms with Gasteiger partial charge in [0, 0.05) is 45.0 Å². The normalized spacial score (nSPS) is 11.5. The van der Waals surface area contributed by atoms with Crippen LogP contribution in [-0.2, 0) is 26.1 Å². The topological polar surface area (TPSA) is 76.0 Å². The highest BCUT2D eigenvalue weighted by Gasteiger charge is 2.33. The third-order valence-corrected chi connectivity index (χ3v) is 5.84.